The van der Waals surface area contributed by atoms with Crippen molar-refractivity contribution in [3.05, 3.63) is 17.6 Å². The van der Waals surface area contributed by atoms with E-state index in [1.54, 1.807) is 0 Å². The molecular weight excluding hydrogens is 300 g/mol. The molecule has 1 saturated heterocycles. The minimum atomic E-state index is -3.10. The summed E-state index contributed by atoms with van der Waals surface area (Å²) in [6, 6.07) is 2.03. The molecule has 0 unspecified atom stereocenters. The van der Waals surface area contributed by atoms with Gasteiger partial charge in [-0.15, -0.1) is 0 Å². The van der Waals surface area contributed by atoms with Gasteiger partial charge in [0.05, 0.1) is 6.26 Å². The molecule has 1 aliphatic rings. The Balaban J connectivity index is 2.22. The topological polar surface area (TPSA) is 66.4 Å². The first-order valence-corrected chi connectivity index (χ1v) is 9.62. The van der Waals surface area contributed by atoms with Gasteiger partial charge in [0.2, 0.25) is 10.0 Å². The van der Waals surface area contributed by atoms with Gasteiger partial charge in [-0.1, -0.05) is 27.7 Å². The summed E-state index contributed by atoms with van der Waals surface area (Å²) in [4.78, 5) is 11.5. The Hall–Kier alpha value is -1.21. The van der Waals surface area contributed by atoms with E-state index in [0.717, 1.165) is 17.3 Å². The molecule has 0 radical (unpaired) electrons. The molecule has 1 fully saturated rings. The van der Waals surface area contributed by atoms with Crippen LogP contribution in [0.1, 0.15) is 51.0 Å². The summed E-state index contributed by atoms with van der Waals surface area (Å²) in [6.45, 7) is 10.8. The summed E-state index contributed by atoms with van der Waals surface area (Å²) in [7, 11) is -3.10. The van der Waals surface area contributed by atoms with Crippen molar-refractivity contribution in [2.45, 2.75) is 39.5 Å². The van der Waals surface area contributed by atoms with Crippen LogP contribution in [0, 0.1) is 0 Å². The van der Waals surface area contributed by atoms with E-state index in [2.05, 4.69) is 42.6 Å². The van der Waals surface area contributed by atoms with E-state index in [9.17, 15) is 8.42 Å². The molecule has 2 heterocycles. The third kappa shape index (κ3) is 3.95. The Morgan fingerprint density at radius 1 is 1.00 bits per heavy atom. The van der Waals surface area contributed by atoms with E-state index in [1.807, 2.05) is 6.07 Å². The SMILES string of the molecule is CC(C)c1cc(N2CCN(S(C)(=O)=O)CC2)nc(C(C)C)n1. The van der Waals surface area contributed by atoms with Crippen molar-refractivity contribution in [1.82, 2.24) is 14.3 Å². The number of sulfonamides is 1. The molecule has 0 aromatic carbocycles. The first kappa shape index (κ1) is 17.1. The van der Waals surface area contributed by atoms with Crippen molar-refractivity contribution >= 4 is 15.8 Å². The highest BCUT2D eigenvalue weighted by Crippen LogP contribution is 2.23. The van der Waals surface area contributed by atoms with Crippen LogP contribution in [0.25, 0.3) is 0 Å². The van der Waals surface area contributed by atoms with Crippen LogP contribution < -0.4 is 4.90 Å². The van der Waals surface area contributed by atoms with E-state index in [4.69, 9.17) is 0 Å². The molecule has 1 aromatic rings. The van der Waals surface area contributed by atoms with Crippen LogP contribution in [-0.4, -0.2) is 55.1 Å². The molecule has 1 aliphatic heterocycles. The molecule has 6 nitrogen and oxygen atoms in total. The highest BCUT2D eigenvalue weighted by atomic mass is 32.2. The third-order valence-electron chi connectivity index (χ3n) is 3.89. The lowest BCUT2D eigenvalue weighted by atomic mass is 10.1. The highest BCUT2D eigenvalue weighted by molar-refractivity contribution is 7.88. The summed E-state index contributed by atoms with van der Waals surface area (Å²) in [5.74, 6) is 2.38. The lowest BCUT2D eigenvalue weighted by Crippen LogP contribution is -2.48. The fourth-order valence-electron chi connectivity index (χ4n) is 2.44. The van der Waals surface area contributed by atoms with Crippen molar-refractivity contribution in [2.75, 3.05) is 37.3 Å². The highest BCUT2D eigenvalue weighted by Gasteiger charge is 2.25. The third-order valence-corrected chi connectivity index (χ3v) is 5.19. The maximum atomic E-state index is 11.6. The van der Waals surface area contributed by atoms with Gasteiger partial charge in [-0.05, 0) is 5.92 Å². The smallest absolute Gasteiger partial charge is 0.211 e. The number of hydrogen-bond acceptors (Lipinski definition) is 5. The van der Waals surface area contributed by atoms with E-state index in [0.29, 0.717) is 32.1 Å². The standard InChI is InChI=1S/C15H26N4O2S/c1-11(2)13-10-14(17-15(16-13)12(3)4)18-6-8-19(9-7-18)22(5,20)21/h10-12H,6-9H2,1-5H3. The number of anilines is 1. The van der Waals surface area contributed by atoms with E-state index < -0.39 is 10.0 Å². The van der Waals surface area contributed by atoms with Crippen LogP contribution >= 0.6 is 0 Å². The summed E-state index contributed by atoms with van der Waals surface area (Å²) < 4.78 is 24.7. The van der Waals surface area contributed by atoms with E-state index in [1.165, 1.54) is 10.6 Å². The van der Waals surface area contributed by atoms with E-state index >= 15 is 0 Å². The van der Waals surface area contributed by atoms with Gasteiger partial charge in [0.25, 0.3) is 0 Å². The van der Waals surface area contributed by atoms with Gasteiger partial charge in [0.15, 0.2) is 0 Å². The van der Waals surface area contributed by atoms with E-state index in [-0.39, 0.29) is 5.92 Å². The number of nitrogens with zero attached hydrogens (tertiary/aromatic N) is 4. The van der Waals surface area contributed by atoms with Gasteiger partial charge in [-0.2, -0.15) is 4.31 Å². The number of piperazine rings is 1. The first-order chi connectivity index (χ1) is 10.2. The second kappa shape index (κ2) is 6.50. The Morgan fingerprint density at radius 3 is 2.05 bits per heavy atom. The molecule has 2 rings (SSSR count). The molecule has 0 amide bonds. The Kier molecular flexibility index (Phi) is 5.07. The normalized spacial score (nSPS) is 17.5. The lowest BCUT2D eigenvalue weighted by Gasteiger charge is -2.34. The average Bonchev–Trinajstić information content (AvgIpc) is 2.46. The quantitative estimate of drug-likeness (QED) is 0.844. The molecule has 7 heteroatoms. The Bertz CT molecular complexity index is 594. The average molecular weight is 326 g/mol. The van der Waals surface area contributed by atoms with Crippen molar-refractivity contribution in [2.24, 2.45) is 0 Å². The molecule has 0 atom stereocenters. The van der Waals surface area contributed by atoms with Crippen molar-refractivity contribution in [1.29, 1.82) is 0 Å². The zero-order valence-corrected chi connectivity index (χ0v) is 14.9. The van der Waals surface area contributed by atoms with Gasteiger partial charge in [-0.3, -0.25) is 0 Å². The van der Waals surface area contributed by atoms with Crippen LogP contribution in [0.5, 0.6) is 0 Å². The molecule has 0 N–H and O–H groups in total. The minimum Gasteiger partial charge on any atom is -0.354 e. The molecule has 1 aromatic heterocycles. The van der Waals surface area contributed by atoms with Crippen molar-refractivity contribution in [3.63, 3.8) is 0 Å². The minimum absolute atomic E-state index is 0.273. The second-order valence-electron chi connectivity index (χ2n) is 6.47. The largest absolute Gasteiger partial charge is 0.354 e. The number of rotatable bonds is 4. The van der Waals surface area contributed by atoms with Crippen LogP contribution in [0.4, 0.5) is 5.82 Å². The maximum Gasteiger partial charge on any atom is 0.211 e. The molecule has 0 saturated carbocycles. The zero-order chi connectivity index (χ0) is 16.5. The van der Waals surface area contributed by atoms with Crippen LogP contribution in [0.2, 0.25) is 0 Å². The number of hydrogen-bond donors (Lipinski definition) is 0. The molecular formula is C15H26N4O2S. The summed E-state index contributed by atoms with van der Waals surface area (Å²) >= 11 is 0. The zero-order valence-electron chi connectivity index (χ0n) is 14.1. The molecule has 0 aliphatic carbocycles. The monoisotopic (exact) mass is 326 g/mol. The van der Waals surface area contributed by atoms with Crippen LogP contribution in [-0.2, 0) is 10.0 Å². The first-order valence-electron chi connectivity index (χ1n) is 7.77. The van der Waals surface area contributed by atoms with Crippen molar-refractivity contribution < 1.29 is 8.42 Å². The molecule has 0 spiro atoms. The van der Waals surface area contributed by atoms with Gasteiger partial charge in [-0.25, -0.2) is 18.4 Å². The molecule has 22 heavy (non-hydrogen) atoms. The van der Waals surface area contributed by atoms with Gasteiger partial charge in [0, 0.05) is 43.9 Å². The second-order valence-corrected chi connectivity index (χ2v) is 8.45. The van der Waals surface area contributed by atoms with Gasteiger partial charge < -0.3 is 4.90 Å². The fourth-order valence-corrected chi connectivity index (χ4v) is 3.26. The predicted octanol–water partition coefficient (Wildman–Crippen LogP) is 1.80. The predicted molar refractivity (Wildman–Crippen MR) is 88.8 cm³/mol. The van der Waals surface area contributed by atoms with Crippen LogP contribution in [0.15, 0.2) is 6.07 Å². The Morgan fingerprint density at radius 2 is 1.59 bits per heavy atom. The Labute approximate surface area is 133 Å². The molecule has 124 valence electrons. The summed E-state index contributed by atoms with van der Waals surface area (Å²) in [5.41, 5.74) is 1.04. The van der Waals surface area contributed by atoms with Crippen molar-refractivity contribution in [3.8, 4) is 0 Å². The van der Waals surface area contributed by atoms with Gasteiger partial charge >= 0.3 is 0 Å². The maximum absolute atomic E-state index is 11.6. The summed E-state index contributed by atoms with van der Waals surface area (Å²) in [6.07, 6.45) is 1.26. The summed E-state index contributed by atoms with van der Waals surface area (Å²) in [5, 5.41) is 0. The fraction of sp³-hybridized carbons (Fsp3) is 0.733. The number of aromatic nitrogens is 2. The molecule has 0 bridgehead atoms. The lowest BCUT2D eigenvalue weighted by molar-refractivity contribution is 0.386. The van der Waals surface area contributed by atoms with Crippen LogP contribution in [0.3, 0.4) is 0 Å². The van der Waals surface area contributed by atoms with Gasteiger partial charge in [0.1, 0.15) is 11.6 Å².